The number of nitrogens with one attached hydrogen (secondary N) is 2. The summed E-state index contributed by atoms with van der Waals surface area (Å²) in [7, 11) is 0. The van der Waals surface area contributed by atoms with Gasteiger partial charge >= 0.3 is 6.03 Å². The fraction of sp³-hybridized carbons (Fsp3) is 0.207. The van der Waals surface area contributed by atoms with Gasteiger partial charge in [-0.15, -0.1) is 0 Å². The van der Waals surface area contributed by atoms with Gasteiger partial charge in [-0.1, -0.05) is 54.6 Å². The molecule has 0 saturated carbocycles. The van der Waals surface area contributed by atoms with Crippen molar-refractivity contribution in [1.82, 2.24) is 20.2 Å². The Bertz CT molecular complexity index is 1420. The summed E-state index contributed by atoms with van der Waals surface area (Å²) in [5.74, 6) is 0.737. The maximum Gasteiger partial charge on any atom is 0.326 e. The molecule has 38 heavy (non-hydrogen) atoms. The monoisotopic (exact) mass is 622 g/mol. The molecule has 5 rings (SSSR count). The summed E-state index contributed by atoms with van der Waals surface area (Å²) in [5.41, 5.74) is 2.30. The van der Waals surface area contributed by atoms with Crippen molar-refractivity contribution in [1.29, 1.82) is 0 Å². The number of amides is 3. The van der Waals surface area contributed by atoms with Gasteiger partial charge in [0.05, 0.1) is 18.5 Å². The number of carbonyl (C=O) groups is 2. The third-order valence-electron chi connectivity index (χ3n) is 6.64. The molecule has 8 nitrogen and oxygen atoms in total. The zero-order valence-electron chi connectivity index (χ0n) is 20.7. The number of urea groups is 1. The highest BCUT2D eigenvalue weighted by atomic mass is 127. The molecule has 9 heteroatoms. The van der Waals surface area contributed by atoms with Crippen LogP contribution in [-0.4, -0.2) is 45.1 Å². The van der Waals surface area contributed by atoms with Crippen LogP contribution >= 0.6 is 22.6 Å². The van der Waals surface area contributed by atoms with Crippen LogP contribution in [0.3, 0.4) is 0 Å². The van der Waals surface area contributed by atoms with Crippen LogP contribution < -0.4 is 10.1 Å². The molecule has 1 fully saturated rings. The summed E-state index contributed by atoms with van der Waals surface area (Å²) < 4.78 is 6.54. The second-order valence-corrected chi connectivity index (χ2v) is 10.5. The number of aliphatic hydroxyl groups excluding tert-OH is 1. The third kappa shape index (κ3) is 5.16. The van der Waals surface area contributed by atoms with Crippen molar-refractivity contribution in [2.45, 2.75) is 24.9 Å². The Balaban J connectivity index is 1.49. The Morgan fingerprint density at radius 2 is 1.74 bits per heavy atom. The summed E-state index contributed by atoms with van der Waals surface area (Å²) in [5, 5.41) is 11.8. The van der Waals surface area contributed by atoms with Gasteiger partial charge in [0.2, 0.25) is 0 Å². The molecule has 3 N–H and O–H groups in total. The normalized spacial score (nSPS) is 16.8. The quantitative estimate of drug-likeness (QED) is 0.184. The molecule has 2 heterocycles. The number of benzene rings is 3. The van der Waals surface area contributed by atoms with E-state index in [1.165, 1.54) is 4.90 Å². The molecule has 2 atom stereocenters. The summed E-state index contributed by atoms with van der Waals surface area (Å²) in [6.07, 6.45) is 2.12. The van der Waals surface area contributed by atoms with E-state index in [1.54, 1.807) is 30.5 Å². The SMILES string of the molecule is C[C@](Cc1ccccc1)(c1ncc(-c2ccc(I)cc2)[nH]1)N1C(=O)NC(c2ccc(OCCO)cc2)C1=O. The molecule has 1 aliphatic heterocycles. The van der Waals surface area contributed by atoms with Crippen LogP contribution in [0, 0.1) is 3.57 Å². The number of halogens is 1. The van der Waals surface area contributed by atoms with Crippen LogP contribution in [-0.2, 0) is 16.8 Å². The van der Waals surface area contributed by atoms with Crippen LogP contribution in [0.4, 0.5) is 4.79 Å². The molecule has 4 aromatic rings. The van der Waals surface area contributed by atoms with E-state index in [1.807, 2.05) is 61.5 Å². The van der Waals surface area contributed by atoms with Gasteiger partial charge in [-0.3, -0.25) is 4.79 Å². The van der Waals surface area contributed by atoms with Gasteiger partial charge in [-0.2, -0.15) is 0 Å². The van der Waals surface area contributed by atoms with Crippen LogP contribution in [0.15, 0.2) is 85.1 Å². The largest absolute Gasteiger partial charge is 0.491 e. The fourth-order valence-electron chi connectivity index (χ4n) is 4.73. The number of rotatable bonds is 9. The lowest BCUT2D eigenvalue weighted by molar-refractivity contribution is -0.132. The molecule has 1 unspecified atom stereocenters. The Hall–Kier alpha value is -3.70. The summed E-state index contributed by atoms with van der Waals surface area (Å²) >= 11 is 2.26. The van der Waals surface area contributed by atoms with Crippen molar-refractivity contribution in [3.63, 3.8) is 0 Å². The first kappa shape index (κ1) is 25.9. The second kappa shape index (κ2) is 11.0. The minimum atomic E-state index is -1.08. The Morgan fingerprint density at radius 3 is 2.42 bits per heavy atom. The topological polar surface area (TPSA) is 108 Å². The van der Waals surface area contributed by atoms with E-state index >= 15 is 0 Å². The molecular formula is C29H27IN4O4. The number of carbonyl (C=O) groups excluding carboxylic acids is 2. The standard InChI is InChI=1S/C29H27IN4O4/c1-29(17-19-5-3-2-4-6-19,27-31-18-24(32-27)20-7-11-22(30)12-8-20)34-26(36)25(33-28(34)37)21-9-13-23(14-10-21)38-16-15-35/h2-14,18,25,35H,15-17H2,1H3,(H,31,32)(H,33,37)/t25?,29-/m0/s1. The van der Waals surface area contributed by atoms with Crippen LogP contribution in [0.25, 0.3) is 11.3 Å². The maximum atomic E-state index is 13.8. The highest BCUT2D eigenvalue weighted by Gasteiger charge is 2.50. The predicted octanol–water partition coefficient (Wildman–Crippen LogP) is 4.80. The smallest absolute Gasteiger partial charge is 0.326 e. The van der Waals surface area contributed by atoms with Crippen LogP contribution in [0.5, 0.6) is 5.75 Å². The number of H-pyrrole nitrogens is 1. The summed E-state index contributed by atoms with van der Waals surface area (Å²) in [6, 6.07) is 23.4. The highest BCUT2D eigenvalue weighted by Crippen LogP contribution is 2.37. The van der Waals surface area contributed by atoms with Crippen molar-refractivity contribution < 1.29 is 19.4 Å². The van der Waals surface area contributed by atoms with Gasteiger partial charge in [0.1, 0.15) is 29.8 Å². The van der Waals surface area contributed by atoms with E-state index in [4.69, 9.17) is 9.84 Å². The minimum Gasteiger partial charge on any atom is -0.491 e. The number of imidazole rings is 1. The van der Waals surface area contributed by atoms with Crippen molar-refractivity contribution in [3.05, 3.63) is 106 Å². The lowest BCUT2D eigenvalue weighted by Crippen LogP contribution is -2.50. The predicted molar refractivity (Wildman–Crippen MR) is 151 cm³/mol. The number of aromatic nitrogens is 2. The lowest BCUT2D eigenvalue weighted by atomic mass is 9.89. The summed E-state index contributed by atoms with van der Waals surface area (Å²) in [4.78, 5) is 36.6. The van der Waals surface area contributed by atoms with Crippen molar-refractivity contribution in [3.8, 4) is 17.0 Å². The first-order chi connectivity index (χ1) is 18.4. The minimum absolute atomic E-state index is 0.0913. The maximum absolute atomic E-state index is 13.8. The van der Waals surface area contributed by atoms with Gasteiger partial charge in [0.15, 0.2) is 0 Å². The molecule has 1 aromatic heterocycles. The van der Waals surface area contributed by atoms with E-state index in [0.717, 1.165) is 20.4 Å². The average Bonchev–Trinajstić information content (AvgIpc) is 3.54. The van der Waals surface area contributed by atoms with Crippen molar-refractivity contribution >= 4 is 34.5 Å². The van der Waals surface area contributed by atoms with Gasteiger partial charge in [-0.05, 0) is 70.5 Å². The van der Waals surface area contributed by atoms with Gasteiger partial charge in [0, 0.05) is 9.99 Å². The Labute approximate surface area is 234 Å². The van der Waals surface area contributed by atoms with Gasteiger partial charge in [0.25, 0.3) is 5.91 Å². The first-order valence-corrected chi connectivity index (χ1v) is 13.3. The zero-order valence-corrected chi connectivity index (χ0v) is 22.9. The van der Waals surface area contributed by atoms with Gasteiger partial charge < -0.3 is 20.1 Å². The van der Waals surface area contributed by atoms with Crippen LogP contribution in [0.1, 0.15) is 29.9 Å². The molecular weight excluding hydrogens is 595 g/mol. The number of ether oxygens (including phenoxy) is 1. The number of aromatic amines is 1. The van der Waals surface area contributed by atoms with Gasteiger partial charge in [-0.25, -0.2) is 14.7 Å². The van der Waals surface area contributed by atoms with Crippen molar-refractivity contribution in [2.24, 2.45) is 0 Å². The molecule has 0 spiro atoms. The molecule has 0 bridgehead atoms. The number of nitrogens with zero attached hydrogens (tertiary/aromatic N) is 2. The number of hydrogen-bond donors (Lipinski definition) is 3. The lowest BCUT2D eigenvalue weighted by Gasteiger charge is -2.35. The number of imide groups is 1. The molecule has 0 aliphatic carbocycles. The van der Waals surface area contributed by atoms with E-state index in [9.17, 15) is 9.59 Å². The molecule has 3 aromatic carbocycles. The van der Waals surface area contributed by atoms with E-state index < -0.39 is 17.6 Å². The second-order valence-electron chi connectivity index (χ2n) is 9.29. The molecule has 1 aliphatic rings. The number of aliphatic hydroxyl groups is 1. The zero-order chi connectivity index (χ0) is 26.7. The Morgan fingerprint density at radius 1 is 1.03 bits per heavy atom. The third-order valence-corrected chi connectivity index (χ3v) is 7.36. The molecule has 3 amide bonds. The van der Waals surface area contributed by atoms with E-state index in [2.05, 4.69) is 37.9 Å². The van der Waals surface area contributed by atoms with Crippen molar-refractivity contribution in [2.75, 3.05) is 13.2 Å². The highest BCUT2D eigenvalue weighted by molar-refractivity contribution is 14.1. The van der Waals surface area contributed by atoms with Crippen LogP contribution in [0.2, 0.25) is 0 Å². The Kier molecular flexibility index (Phi) is 7.48. The fourth-order valence-corrected chi connectivity index (χ4v) is 5.08. The number of hydrogen-bond acceptors (Lipinski definition) is 5. The molecule has 1 saturated heterocycles. The molecule has 194 valence electrons. The van der Waals surface area contributed by atoms with E-state index in [-0.39, 0.29) is 19.1 Å². The summed E-state index contributed by atoms with van der Waals surface area (Å²) in [6.45, 7) is 1.95. The first-order valence-electron chi connectivity index (χ1n) is 12.2. The van der Waals surface area contributed by atoms with E-state index in [0.29, 0.717) is 23.6 Å². The molecule has 0 radical (unpaired) electrons. The average molecular weight is 622 g/mol.